The van der Waals surface area contributed by atoms with Crippen LogP contribution in [0.25, 0.3) is 10.8 Å². The lowest BCUT2D eigenvalue weighted by atomic mass is 10.1. The highest BCUT2D eigenvalue weighted by atomic mass is 32.2. The fraction of sp³-hybridized carbons (Fsp3) is 0.286. The lowest BCUT2D eigenvalue weighted by Crippen LogP contribution is -2.23. The maximum Gasteiger partial charge on any atom is 0.367 e. The summed E-state index contributed by atoms with van der Waals surface area (Å²) in [5, 5.41) is 2.06. The lowest BCUT2D eigenvalue weighted by Gasteiger charge is -2.15. The first kappa shape index (κ1) is 15.2. The van der Waals surface area contributed by atoms with E-state index >= 15 is 0 Å². The summed E-state index contributed by atoms with van der Waals surface area (Å²) in [6, 6.07) is 13.2. The van der Waals surface area contributed by atoms with Crippen molar-refractivity contribution in [2.24, 2.45) is 0 Å². The Hall–Kier alpha value is -1.21. The van der Waals surface area contributed by atoms with E-state index in [1.54, 1.807) is 6.07 Å². The number of halogens is 2. The third-order valence-electron chi connectivity index (χ3n) is 2.61. The van der Waals surface area contributed by atoms with E-state index in [0.29, 0.717) is 17.6 Å². The predicted octanol–water partition coefficient (Wildman–Crippen LogP) is 4.18. The molecule has 0 radical (unpaired) electrons. The van der Waals surface area contributed by atoms with Gasteiger partial charge in [0.25, 0.3) is 0 Å². The SMILES string of the molecule is COOSCC(F)(F)OCc1ccc2ccccc2c1. The molecule has 3 nitrogen and oxygen atoms in total. The number of rotatable bonds is 7. The molecule has 0 N–H and O–H groups in total. The third-order valence-corrected chi connectivity index (χ3v) is 3.29. The quantitative estimate of drug-likeness (QED) is 0.332. The van der Waals surface area contributed by atoms with Gasteiger partial charge in [0.2, 0.25) is 0 Å². The molecule has 20 heavy (non-hydrogen) atoms. The van der Waals surface area contributed by atoms with Crippen LogP contribution in [0, 0.1) is 0 Å². The van der Waals surface area contributed by atoms with Gasteiger partial charge < -0.3 is 4.74 Å². The Morgan fingerprint density at radius 3 is 2.60 bits per heavy atom. The van der Waals surface area contributed by atoms with Crippen LogP contribution in [0.3, 0.4) is 0 Å². The normalized spacial score (nSPS) is 11.9. The highest BCUT2D eigenvalue weighted by Gasteiger charge is 2.30. The minimum absolute atomic E-state index is 0.161. The van der Waals surface area contributed by atoms with Gasteiger partial charge in [0, 0.05) is 12.0 Å². The number of hydrogen-bond acceptors (Lipinski definition) is 4. The molecule has 2 rings (SSSR count). The molecule has 2 aromatic carbocycles. The third kappa shape index (κ3) is 4.42. The molecule has 0 aliphatic carbocycles. The number of ether oxygens (including phenoxy) is 1. The van der Waals surface area contributed by atoms with Gasteiger partial charge in [-0.15, -0.1) is 0 Å². The van der Waals surface area contributed by atoms with Crippen molar-refractivity contribution in [1.82, 2.24) is 0 Å². The maximum absolute atomic E-state index is 13.4. The molecule has 108 valence electrons. The predicted molar refractivity (Wildman–Crippen MR) is 74.2 cm³/mol. The molecule has 0 aliphatic rings. The molecule has 0 saturated heterocycles. The van der Waals surface area contributed by atoms with E-state index in [1.165, 1.54) is 7.11 Å². The molecule has 0 spiro atoms. The number of fused-ring (bicyclic) bond motifs is 1. The average Bonchev–Trinajstić information content (AvgIpc) is 2.45. The van der Waals surface area contributed by atoms with Crippen LogP contribution in [0.2, 0.25) is 0 Å². The van der Waals surface area contributed by atoms with Gasteiger partial charge in [-0.2, -0.15) is 13.1 Å². The van der Waals surface area contributed by atoms with Crippen LogP contribution in [-0.2, 0) is 20.6 Å². The summed E-state index contributed by atoms with van der Waals surface area (Å²) >= 11 is 0.501. The first-order valence-electron chi connectivity index (χ1n) is 5.92. The smallest absolute Gasteiger partial charge is 0.315 e. The highest BCUT2D eigenvalue weighted by Crippen LogP contribution is 2.24. The molecule has 0 amide bonds. The summed E-state index contributed by atoms with van der Waals surface area (Å²) in [5.41, 5.74) is 0.695. The van der Waals surface area contributed by atoms with Crippen molar-refractivity contribution in [3.05, 3.63) is 48.0 Å². The van der Waals surface area contributed by atoms with Crippen LogP contribution in [0.5, 0.6) is 0 Å². The minimum Gasteiger partial charge on any atom is -0.315 e. The second kappa shape index (κ2) is 6.99. The first-order chi connectivity index (χ1) is 9.61. The Labute approximate surface area is 120 Å². The van der Waals surface area contributed by atoms with Gasteiger partial charge in [-0.25, -0.2) is 4.89 Å². The molecule has 0 unspecified atom stereocenters. The molecule has 0 fully saturated rings. The maximum atomic E-state index is 13.4. The van der Waals surface area contributed by atoms with Gasteiger partial charge in [0.05, 0.1) is 13.7 Å². The first-order valence-corrected chi connectivity index (χ1v) is 6.83. The summed E-state index contributed by atoms with van der Waals surface area (Å²) in [5.74, 6) is -0.631. The second-order valence-electron chi connectivity index (χ2n) is 4.10. The summed E-state index contributed by atoms with van der Waals surface area (Å²) < 4.78 is 35.7. The van der Waals surface area contributed by atoms with E-state index in [9.17, 15) is 8.78 Å². The van der Waals surface area contributed by atoms with Crippen molar-refractivity contribution < 1.29 is 22.7 Å². The molecule has 2 aromatic rings. The Morgan fingerprint density at radius 1 is 1.10 bits per heavy atom. The topological polar surface area (TPSA) is 27.7 Å². The van der Waals surface area contributed by atoms with Crippen molar-refractivity contribution in [2.75, 3.05) is 12.9 Å². The zero-order chi connectivity index (χ0) is 14.4. The summed E-state index contributed by atoms with van der Waals surface area (Å²) in [7, 11) is 1.25. The zero-order valence-corrected chi connectivity index (χ0v) is 11.7. The fourth-order valence-corrected chi connectivity index (χ4v) is 2.06. The molecular weight excluding hydrogens is 286 g/mol. The van der Waals surface area contributed by atoms with Crippen LogP contribution < -0.4 is 0 Å². The number of alkyl halides is 2. The second-order valence-corrected chi connectivity index (χ2v) is 4.76. The molecule has 0 bridgehead atoms. The van der Waals surface area contributed by atoms with Crippen molar-refractivity contribution in [2.45, 2.75) is 12.7 Å². The highest BCUT2D eigenvalue weighted by molar-refractivity contribution is 7.94. The molecular formula is C14H14F2O3S. The number of benzene rings is 2. The van der Waals surface area contributed by atoms with E-state index in [1.807, 2.05) is 36.4 Å². The zero-order valence-electron chi connectivity index (χ0n) is 10.8. The Kier molecular flexibility index (Phi) is 5.31. The summed E-state index contributed by atoms with van der Waals surface area (Å²) in [6.07, 6.45) is -3.27. The van der Waals surface area contributed by atoms with Gasteiger partial charge in [0.1, 0.15) is 5.75 Å². The Bertz CT molecular complexity index is 563. The van der Waals surface area contributed by atoms with Gasteiger partial charge in [-0.05, 0) is 22.4 Å². The van der Waals surface area contributed by atoms with Crippen LogP contribution in [0.1, 0.15) is 5.56 Å². The molecule has 6 heteroatoms. The minimum atomic E-state index is -3.27. The van der Waals surface area contributed by atoms with E-state index in [2.05, 4.69) is 14.0 Å². The van der Waals surface area contributed by atoms with Gasteiger partial charge in [-0.1, -0.05) is 36.4 Å². The Morgan fingerprint density at radius 2 is 1.85 bits per heavy atom. The summed E-state index contributed by atoms with van der Waals surface area (Å²) in [6.45, 7) is -0.161. The van der Waals surface area contributed by atoms with Crippen LogP contribution in [0.15, 0.2) is 42.5 Å². The van der Waals surface area contributed by atoms with Crippen LogP contribution in [-0.4, -0.2) is 19.0 Å². The van der Waals surface area contributed by atoms with Crippen molar-refractivity contribution in [3.63, 3.8) is 0 Å². The largest absolute Gasteiger partial charge is 0.367 e. The standard InChI is InChI=1S/C14H14F2O3S/c1-17-19-20-10-14(15,16)18-9-11-6-7-12-4-2-3-5-13(12)8-11/h2-8H,9-10H2,1H3. The van der Waals surface area contributed by atoms with Crippen LogP contribution in [0.4, 0.5) is 8.78 Å². The molecule has 0 saturated carbocycles. The van der Waals surface area contributed by atoms with E-state index in [-0.39, 0.29) is 6.61 Å². The summed E-state index contributed by atoms with van der Waals surface area (Å²) in [4.78, 5) is 4.22. The van der Waals surface area contributed by atoms with E-state index in [4.69, 9.17) is 0 Å². The molecule has 0 aromatic heterocycles. The monoisotopic (exact) mass is 300 g/mol. The van der Waals surface area contributed by atoms with E-state index in [0.717, 1.165) is 10.8 Å². The van der Waals surface area contributed by atoms with Crippen molar-refractivity contribution in [3.8, 4) is 0 Å². The van der Waals surface area contributed by atoms with Crippen LogP contribution >= 0.6 is 12.0 Å². The Balaban J connectivity index is 1.94. The molecule has 0 heterocycles. The van der Waals surface area contributed by atoms with Crippen molar-refractivity contribution >= 4 is 22.8 Å². The van der Waals surface area contributed by atoms with Gasteiger partial charge in [0.15, 0.2) is 0 Å². The molecule has 0 atom stereocenters. The molecule has 0 aliphatic heterocycles. The lowest BCUT2D eigenvalue weighted by molar-refractivity contribution is -0.230. The van der Waals surface area contributed by atoms with Gasteiger partial charge >= 0.3 is 6.11 Å². The fourth-order valence-electron chi connectivity index (χ4n) is 1.70. The number of hydrogen-bond donors (Lipinski definition) is 0. The van der Waals surface area contributed by atoms with Crippen molar-refractivity contribution in [1.29, 1.82) is 0 Å². The average molecular weight is 300 g/mol. The van der Waals surface area contributed by atoms with Gasteiger partial charge in [-0.3, -0.25) is 0 Å². The van der Waals surface area contributed by atoms with E-state index < -0.39 is 11.9 Å².